The maximum absolute atomic E-state index is 5.17. The highest BCUT2D eigenvalue weighted by atomic mass is 32.2. The van der Waals surface area contributed by atoms with Crippen molar-refractivity contribution in [2.75, 3.05) is 13.4 Å². The molecule has 0 amide bonds. The number of thioether (sulfide) groups is 1. The summed E-state index contributed by atoms with van der Waals surface area (Å²) in [6.45, 7) is 4.42. The lowest BCUT2D eigenvalue weighted by Gasteiger charge is -2.13. The maximum Gasteiger partial charge on any atom is 0.102 e. The molecule has 0 aliphatic heterocycles. The van der Waals surface area contributed by atoms with Gasteiger partial charge < -0.3 is 4.74 Å². The summed E-state index contributed by atoms with van der Waals surface area (Å²) in [4.78, 5) is 0. The fourth-order valence-electron chi connectivity index (χ4n) is 0.674. The van der Waals surface area contributed by atoms with Gasteiger partial charge in [-0.1, -0.05) is 13.8 Å². The molecular weight excluding hydrogens is 132 g/mol. The second-order valence-electron chi connectivity index (χ2n) is 2.53. The quantitative estimate of drug-likeness (QED) is 0.566. The molecule has 9 heavy (non-hydrogen) atoms. The van der Waals surface area contributed by atoms with Crippen LogP contribution in [-0.2, 0) is 4.74 Å². The van der Waals surface area contributed by atoms with Gasteiger partial charge in [-0.25, -0.2) is 0 Å². The van der Waals surface area contributed by atoms with Gasteiger partial charge in [0.2, 0.25) is 0 Å². The molecule has 2 heteroatoms. The summed E-state index contributed by atoms with van der Waals surface area (Å²) in [5.41, 5.74) is 0.394. The van der Waals surface area contributed by atoms with E-state index in [1.165, 1.54) is 0 Å². The van der Waals surface area contributed by atoms with Crippen LogP contribution in [0.25, 0.3) is 0 Å². The lowest BCUT2D eigenvalue weighted by Crippen LogP contribution is -2.07. The molecule has 0 fully saturated rings. The Bertz CT molecular complexity index is 59.9. The number of ether oxygens (including phenoxy) is 1. The molecule has 0 rings (SSSR count). The first-order chi connectivity index (χ1) is 4.20. The summed E-state index contributed by atoms with van der Waals surface area (Å²) >= 11 is 1.78. The van der Waals surface area contributed by atoms with Crippen molar-refractivity contribution < 1.29 is 4.74 Å². The van der Waals surface area contributed by atoms with Crippen molar-refractivity contribution >= 4 is 11.8 Å². The average Bonchev–Trinajstić information content (AvgIpc) is 1.82. The minimum absolute atomic E-state index is 0.394. The number of hydrogen-bond donors (Lipinski definition) is 0. The predicted octanol–water partition coefficient (Wildman–Crippen LogP) is 2.37. The Hall–Kier alpha value is 0.310. The Morgan fingerprint density at radius 2 is 2.00 bits per heavy atom. The van der Waals surface area contributed by atoms with Crippen molar-refractivity contribution in [3.63, 3.8) is 0 Å². The van der Waals surface area contributed by atoms with E-state index in [1.54, 1.807) is 18.9 Å². The Morgan fingerprint density at radius 1 is 1.44 bits per heavy atom. The third kappa shape index (κ3) is 4.79. The first-order valence-corrected chi connectivity index (χ1v) is 4.55. The van der Waals surface area contributed by atoms with Crippen molar-refractivity contribution in [2.24, 2.45) is 5.92 Å². The molecule has 1 unspecified atom stereocenters. The van der Waals surface area contributed by atoms with E-state index in [9.17, 15) is 0 Å². The van der Waals surface area contributed by atoms with Crippen LogP contribution in [0.5, 0.6) is 0 Å². The number of rotatable bonds is 4. The lowest BCUT2D eigenvalue weighted by atomic mass is 10.1. The molecule has 1 nitrogen and oxygen atoms in total. The monoisotopic (exact) mass is 148 g/mol. The van der Waals surface area contributed by atoms with Gasteiger partial charge in [0, 0.05) is 7.11 Å². The molecule has 0 saturated carbocycles. The second kappa shape index (κ2) is 5.12. The zero-order valence-electron chi connectivity index (χ0n) is 6.68. The van der Waals surface area contributed by atoms with Crippen molar-refractivity contribution in [3.05, 3.63) is 0 Å². The molecule has 0 bridgehead atoms. The van der Waals surface area contributed by atoms with E-state index in [-0.39, 0.29) is 0 Å². The van der Waals surface area contributed by atoms with E-state index >= 15 is 0 Å². The summed E-state index contributed by atoms with van der Waals surface area (Å²) < 4.78 is 5.17. The highest BCUT2D eigenvalue weighted by Crippen LogP contribution is 2.16. The van der Waals surface area contributed by atoms with E-state index in [4.69, 9.17) is 4.74 Å². The normalized spacial score (nSPS) is 14.3. The summed E-state index contributed by atoms with van der Waals surface area (Å²) in [6.07, 6.45) is 3.23. The molecule has 0 aliphatic rings. The third-order valence-electron chi connectivity index (χ3n) is 1.19. The van der Waals surface area contributed by atoms with Crippen LogP contribution in [0.15, 0.2) is 0 Å². The van der Waals surface area contributed by atoms with E-state index in [0.29, 0.717) is 5.44 Å². The zero-order chi connectivity index (χ0) is 7.28. The zero-order valence-corrected chi connectivity index (χ0v) is 7.49. The molecule has 1 atom stereocenters. The second-order valence-corrected chi connectivity index (χ2v) is 3.53. The van der Waals surface area contributed by atoms with Gasteiger partial charge in [-0.05, 0) is 18.6 Å². The SMILES string of the molecule is COC(CC(C)C)SC. The highest BCUT2D eigenvalue weighted by Gasteiger charge is 2.05. The molecular formula is C7H16OS. The summed E-state index contributed by atoms with van der Waals surface area (Å²) in [5, 5.41) is 0. The Morgan fingerprint density at radius 3 is 2.11 bits per heavy atom. The fourth-order valence-corrected chi connectivity index (χ4v) is 1.44. The Kier molecular flexibility index (Phi) is 5.30. The van der Waals surface area contributed by atoms with E-state index in [0.717, 1.165) is 12.3 Å². The van der Waals surface area contributed by atoms with Gasteiger partial charge in [-0.3, -0.25) is 0 Å². The largest absolute Gasteiger partial charge is 0.371 e. The van der Waals surface area contributed by atoms with Crippen LogP contribution in [0, 0.1) is 5.92 Å². The molecule has 0 N–H and O–H groups in total. The highest BCUT2D eigenvalue weighted by molar-refractivity contribution is 7.99. The molecule has 0 aromatic carbocycles. The summed E-state index contributed by atoms with van der Waals surface area (Å²) in [5.74, 6) is 0.738. The van der Waals surface area contributed by atoms with Gasteiger partial charge >= 0.3 is 0 Å². The first kappa shape index (κ1) is 9.31. The molecule has 0 heterocycles. The van der Waals surface area contributed by atoms with E-state index in [1.807, 2.05) is 0 Å². The van der Waals surface area contributed by atoms with Crippen molar-refractivity contribution in [1.29, 1.82) is 0 Å². The minimum atomic E-state index is 0.394. The maximum atomic E-state index is 5.17. The van der Waals surface area contributed by atoms with Crippen LogP contribution in [-0.4, -0.2) is 18.8 Å². The van der Waals surface area contributed by atoms with Crippen LogP contribution < -0.4 is 0 Å². The molecule has 0 radical (unpaired) electrons. The van der Waals surface area contributed by atoms with Gasteiger partial charge in [0.1, 0.15) is 5.44 Å². The van der Waals surface area contributed by atoms with Gasteiger partial charge in [0.25, 0.3) is 0 Å². The van der Waals surface area contributed by atoms with Crippen LogP contribution in [0.3, 0.4) is 0 Å². The average molecular weight is 148 g/mol. The van der Waals surface area contributed by atoms with Crippen molar-refractivity contribution in [2.45, 2.75) is 25.7 Å². The summed E-state index contributed by atoms with van der Waals surface area (Å²) in [7, 11) is 1.77. The predicted molar refractivity (Wildman–Crippen MR) is 43.8 cm³/mol. The number of methoxy groups -OCH3 is 1. The van der Waals surface area contributed by atoms with Gasteiger partial charge in [0.15, 0.2) is 0 Å². The van der Waals surface area contributed by atoms with Gasteiger partial charge in [-0.2, -0.15) is 0 Å². The third-order valence-corrected chi connectivity index (χ3v) is 2.10. The smallest absolute Gasteiger partial charge is 0.102 e. The van der Waals surface area contributed by atoms with Crippen LogP contribution in [0.4, 0.5) is 0 Å². The van der Waals surface area contributed by atoms with Crippen molar-refractivity contribution in [1.82, 2.24) is 0 Å². The summed E-state index contributed by atoms with van der Waals surface area (Å²) in [6, 6.07) is 0. The van der Waals surface area contributed by atoms with Crippen LogP contribution >= 0.6 is 11.8 Å². The van der Waals surface area contributed by atoms with E-state index < -0.39 is 0 Å². The lowest BCUT2D eigenvalue weighted by molar-refractivity contribution is 0.154. The molecule has 0 aromatic rings. The molecule has 0 spiro atoms. The van der Waals surface area contributed by atoms with Gasteiger partial charge in [-0.15, -0.1) is 11.8 Å². The number of hydrogen-bond acceptors (Lipinski definition) is 2. The minimum Gasteiger partial charge on any atom is -0.371 e. The first-order valence-electron chi connectivity index (χ1n) is 3.26. The van der Waals surface area contributed by atoms with Crippen molar-refractivity contribution in [3.8, 4) is 0 Å². The molecule has 56 valence electrons. The molecule has 0 aliphatic carbocycles. The van der Waals surface area contributed by atoms with Crippen LogP contribution in [0.1, 0.15) is 20.3 Å². The van der Waals surface area contributed by atoms with Gasteiger partial charge in [0.05, 0.1) is 0 Å². The topological polar surface area (TPSA) is 9.23 Å². The van der Waals surface area contributed by atoms with E-state index in [2.05, 4.69) is 20.1 Å². The molecule has 0 saturated heterocycles. The Balaban J connectivity index is 3.31. The Labute approximate surface area is 62.2 Å². The fraction of sp³-hybridized carbons (Fsp3) is 1.00. The standard InChI is InChI=1S/C7H16OS/c1-6(2)5-7(8-3)9-4/h6-7H,5H2,1-4H3. The van der Waals surface area contributed by atoms with Crippen LogP contribution in [0.2, 0.25) is 0 Å². The molecule has 0 aromatic heterocycles.